The first-order chi connectivity index (χ1) is 3.68. The third-order valence-corrected chi connectivity index (χ3v) is 1.87. The van der Waals surface area contributed by atoms with E-state index in [0.29, 0.717) is 6.04 Å². The Morgan fingerprint density at radius 2 is 2.12 bits per heavy atom. The van der Waals surface area contributed by atoms with E-state index in [4.69, 9.17) is 0 Å². The second-order valence-electron chi connectivity index (χ2n) is 1.91. The molecular weight excluding hydrogens is 118 g/mol. The van der Waals surface area contributed by atoms with Crippen LogP contribution in [0, 0.1) is 0 Å². The van der Waals surface area contributed by atoms with E-state index < -0.39 is 0 Å². The van der Waals surface area contributed by atoms with Crippen molar-refractivity contribution in [1.82, 2.24) is 4.31 Å². The average molecular weight is 131 g/mol. The van der Waals surface area contributed by atoms with Gasteiger partial charge in [0.2, 0.25) is 0 Å². The van der Waals surface area contributed by atoms with Crippen LogP contribution in [-0.4, -0.2) is 17.4 Å². The molecule has 0 spiro atoms. The Labute approximate surface area is 55.9 Å². The molecule has 0 atom stereocenters. The van der Waals surface area contributed by atoms with Gasteiger partial charge in [0.15, 0.2) is 0 Å². The lowest BCUT2D eigenvalue weighted by Crippen LogP contribution is -2.17. The van der Waals surface area contributed by atoms with Gasteiger partial charge in [0.1, 0.15) is 0 Å². The van der Waals surface area contributed by atoms with Gasteiger partial charge in [-0.3, -0.25) is 0 Å². The van der Waals surface area contributed by atoms with E-state index in [1.54, 1.807) is 11.9 Å². The maximum atomic E-state index is 3.60. The molecule has 1 nitrogen and oxygen atoms in total. The summed E-state index contributed by atoms with van der Waals surface area (Å²) < 4.78 is 2.15. The van der Waals surface area contributed by atoms with Crippen LogP contribution in [0.15, 0.2) is 12.0 Å². The predicted molar refractivity (Wildman–Crippen MR) is 40.7 cm³/mol. The molecule has 0 aromatic heterocycles. The molecule has 0 saturated carbocycles. The summed E-state index contributed by atoms with van der Waals surface area (Å²) in [5, 5.41) is 1.83. The normalized spacial score (nSPS) is 10.6. The van der Waals surface area contributed by atoms with Crippen molar-refractivity contribution >= 4 is 11.9 Å². The minimum atomic E-state index is 0.595. The van der Waals surface area contributed by atoms with Gasteiger partial charge >= 0.3 is 0 Å². The van der Waals surface area contributed by atoms with Gasteiger partial charge in [0.05, 0.1) is 0 Å². The molecule has 0 aromatic rings. The largest absolute Gasteiger partial charge is 0.247 e. The van der Waals surface area contributed by atoms with Crippen molar-refractivity contribution in [2.45, 2.75) is 19.9 Å². The minimum absolute atomic E-state index is 0.595. The fraction of sp³-hybridized carbons (Fsp3) is 0.667. The molecule has 0 aliphatic rings. The zero-order valence-electron chi connectivity index (χ0n) is 5.72. The zero-order chi connectivity index (χ0) is 6.57. The van der Waals surface area contributed by atoms with E-state index in [1.807, 2.05) is 5.41 Å². The van der Waals surface area contributed by atoms with Crippen molar-refractivity contribution in [2.75, 3.05) is 7.05 Å². The van der Waals surface area contributed by atoms with Crippen LogP contribution in [0.2, 0.25) is 0 Å². The lowest BCUT2D eigenvalue weighted by molar-refractivity contribution is 0.471. The SMILES string of the molecule is C=CSN(C)C(C)C. The van der Waals surface area contributed by atoms with Crippen LogP contribution in [0.1, 0.15) is 13.8 Å². The summed E-state index contributed by atoms with van der Waals surface area (Å²) >= 11 is 1.64. The van der Waals surface area contributed by atoms with Gasteiger partial charge in [-0.25, -0.2) is 4.31 Å². The molecule has 0 unspecified atom stereocenters. The molecule has 8 heavy (non-hydrogen) atoms. The molecule has 0 aliphatic heterocycles. The smallest absolute Gasteiger partial charge is 0.0146 e. The molecule has 0 saturated heterocycles. The topological polar surface area (TPSA) is 3.24 Å². The highest BCUT2D eigenvalue weighted by atomic mass is 32.2. The van der Waals surface area contributed by atoms with Crippen molar-refractivity contribution in [3.05, 3.63) is 12.0 Å². The molecule has 0 bridgehead atoms. The summed E-state index contributed by atoms with van der Waals surface area (Å²) in [7, 11) is 2.05. The average Bonchev–Trinajstić information content (AvgIpc) is 1.67. The van der Waals surface area contributed by atoms with Gasteiger partial charge < -0.3 is 0 Å². The molecule has 0 heterocycles. The molecule has 0 radical (unpaired) electrons. The first-order valence-corrected chi connectivity index (χ1v) is 3.52. The Morgan fingerprint density at radius 1 is 1.62 bits per heavy atom. The molecule has 0 aliphatic carbocycles. The van der Waals surface area contributed by atoms with Crippen LogP contribution in [0.3, 0.4) is 0 Å². The summed E-state index contributed by atoms with van der Waals surface area (Å²) in [6.07, 6.45) is 0. The van der Waals surface area contributed by atoms with Gasteiger partial charge in [0.25, 0.3) is 0 Å². The second kappa shape index (κ2) is 3.98. The monoisotopic (exact) mass is 131 g/mol. The standard InChI is InChI=1S/C6H13NS/c1-5-8-7(4)6(2)3/h5-6H,1H2,2-4H3. The van der Waals surface area contributed by atoms with Crippen LogP contribution in [-0.2, 0) is 0 Å². The lowest BCUT2D eigenvalue weighted by atomic mass is 10.4. The number of hydrogen-bond acceptors (Lipinski definition) is 2. The molecular formula is C6H13NS. The highest BCUT2D eigenvalue weighted by Gasteiger charge is 1.98. The highest BCUT2D eigenvalue weighted by molar-refractivity contribution is 7.99. The summed E-state index contributed by atoms with van der Waals surface area (Å²) in [5.74, 6) is 0. The molecule has 0 rings (SSSR count). The number of nitrogens with zero attached hydrogens (tertiary/aromatic N) is 1. The summed E-state index contributed by atoms with van der Waals surface area (Å²) in [6, 6.07) is 0.595. The predicted octanol–water partition coefficient (Wildman–Crippen LogP) is 2.12. The minimum Gasteiger partial charge on any atom is -0.247 e. The van der Waals surface area contributed by atoms with Gasteiger partial charge in [-0.2, -0.15) is 0 Å². The van der Waals surface area contributed by atoms with E-state index in [9.17, 15) is 0 Å². The third-order valence-electron chi connectivity index (χ3n) is 0.968. The van der Waals surface area contributed by atoms with Crippen LogP contribution >= 0.6 is 11.9 Å². The Bertz CT molecular complexity index is 70.9. The molecule has 2 heteroatoms. The second-order valence-corrected chi connectivity index (χ2v) is 3.03. The Hall–Kier alpha value is 0.0500. The van der Waals surface area contributed by atoms with Crippen LogP contribution in [0.5, 0.6) is 0 Å². The molecule has 0 aromatic carbocycles. The molecule has 48 valence electrons. The van der Waals surface area contributed by atoms with Gasteiger partial charge in [0, 0.05) is 6.04 Å². The fourth-order valence-electron chi connectivity index (χ4n) is 0.239. The van der Waals surface area contributed by atoms with E-state index >= 15 is 0 Å². The first kappa shape index (κ1) is 8.05. The first-order valence-electron chi connectivity index (χ1n) is 2.69. The molecule has 0 amide bonds. The van der Waals surface area contributed by atoms with Crippen LogP contribution in [0.4, 0.5) is 0 Å². The lowest BCUT2D eigenvalue weighted by Gasteiger charge is -2.16. The molecule has 0 N–H and O–H groups in total. The highest BCUT2D eigenvalue weighted by Crippen LogP contribution is 2.09. The van der Waals surface area contributed by atoms with Crippen molar-refractivity contribution in [3.63, 3.8) is 0 Å². The zero-order valence-corrected chi connectivity index (χ0v) is 6.53. The van der Waals surface area contributed by atoms with E-state index in [0.717, 1.165) is 0 Å². The maximum absolute atomic E-state index is 3.60. The Kier molecular flexibility index (Phi) is 4.01. The summed E-state index contributed by atoms with van der Waals surface area (Å²) in [5.41, 5.74) is 0. The van der Waals surface area contributed by atoms with Crippen molar-refractivity contribution in [2.24, 2.45) is 0 Å². The van der Waals surface area contributed by atoms with Crippen molar-refractivity contribution < 1.29 is 0 Å². The quantitative estimate of drug-likeness (QED) is 0.540. The fourth-order valence-corrected chi connectivity index (χ4v) is 0.718. The van der Waals surface area contributed by atoms with Crippen molar-refractivity contribution in [3.8, 4) is 0 Å². The Morgan fingerprint density at radius 3 is 2.25 bits per heavy atom. The maximum Gasteiger partial charge on any atom is 0.0146 e. The van der Waals surface area contributed by atoms with E-state index in [2.05, 4.69) is 31.8 Å². The number of hydrogen-bond donors (Lipinski definition) is 0. The summed E-state index contributed by atoms with van der Waals surface area (Å²) in [6.45, 7) is 7.90. The molecule has 0 fully saturated rings. The van der Waals surface area contributed by atoms with E-state index in [1.165, 1.54) is 0 Å². The van der Waals surface area contributed by atoms with Gasteiger partial charge in [-0.05, 0) is 26.3 Å². The summed E-state index contributed by atoms with van der Waals surface area (Å²) in [4.78, 5) is 0. The van der Waals surface area contributed by atoms with Gasteiger partial charge in [-0.15, -0.1) is 0 Å². The Balaban J connectivity index is 3.30. The third kappa shape index (κ3) is 3.10. The van der Waals surface area contributed by atoms with Crippen molar-refractivity contribution in [1.29, 1.82) is 0 Å². The van der Waals surface area contributed by atoms with Crippen LogP contribution < -0.4 is 0 Å². The van der Waals surface area contributed by atoms with Crippen LogP contribution in [0.25, 0.3) is 0 Å². The number of rotatable bonds is 3. The van der Waals surface area contributed by atoms with E-state index in [-0.39, 0.29) is 0 Å². The van der Waals surface area contributed by atoms with Gasteiger partial charge in [-0.1, -0.05) is 18.5 Å².